The van der Waals surface area contributed by atoms with Gasteiger partial charge in [-0.25, -0.2) is 13.2 Å². The van der Waals surface area contributed by atoms with Gasteiger partial charge in [-0.3, -0.25) is 9.59 Å². The van der Waals surface area contributed by atoms with Crippen molar-refractivity contribution < 1.29 is 22.8 Å². The highest BCUT2D eigenvalue weighted by molar-refractivity contribution is 6.14. The fourth-order valence-corrected chi connectivity index (χ4v) is 1.81. The molecule has 0 aliphatic heterocycles. The maximum atomic E-state index is 13.6. The van der Waals surface area contributed by atoms with Gasteiger partial charge in [0, 0.05) is 6.07 Å². The summed E-state index contributed by atoms with van der Waals surface area (Å²) in [7, 11) is 0. The van der Waals surface area contributed by atoms with E-state index in [0.29, 0.717) is 6.07 Å². The molecule has 2 N–H and O–H groups in total. The highest BCUT2D eigenvalue weighted by atomic mass is 19.1. The highest BCUT2D eigenvalue weighted by Crippen LogP contribution is 2.24. The molecule has 126 valence electrons. The van der Waals surface area contributed by atoms with Crippen molar-refractivity contribution in [1.82, 2.24) is 0 Å². The van der Waals surface area contributed by atoms with Crippen molar-refractivity contribution in [3.63, 3.8) is 0 Å². The zero-order chi connectivity index (χ0) is 17.9. The quantitative estimate of drug-likeness (QED) is 0.836. The number of hydrogen-bond acceptors (Lipinski definition) is 2. The molecule has 0 unspecified atom stereocenters. The van der Waals surface area contributed by atoms with Crippen molar-refractivity contribution >= 4 is 23.2 Å². The zero-order valence-corrected chi connectivity index (χ0v) is 13.0. The number of anilines is 2. The molecule has 24 heavy (non-hydrogen) atoms. The second-order valence-corrected chi connectivity index (χ2v) is 5.64. The lowest BCUT2D eigenvalue weighted by Crippen LogP contribution is -2.41. The SMILES string of the molecule is CC(C)(C(=O)Nc1ccccc1F)C(=O)Nc1ccc(F)cc1F. The fourth-order valence-electron chi connectivity index (χ4n) is 1.81. The van der Waals surface area contributed by atoms with Gasteiger partial charge >= 0.3 is 0 Å². The summed E-state index contributed by atoms with van der Waals surface area (Å²) in [5, 5.41) is 4.54. The third kappa shape index (κ3) is 3.73. The molecule has 0 spiro atoms. The summed E-state index contributed by atoms with van der Waals surface area (Å²) >= 11 is 0. The first-order valence-corrected chi connectivity index (χ1v) is 7.04. The predicted molar refractivity (Wildman–Crippen MR) is 83.8 cm³/mol. The van der Waals surface area contributed by atoms with Gasteiger partial charge < -0.3 is 10.6 Å². The molecule has 4 nitrogen and oxygen atoms in total. The fraction of sp³-hybridized carbons (Fsp3) is 0.176. The van der Waals surface area contributed by atoms with Crippen molar-refractivity contribution in [2.75, 3.05) is 10.6 Å². The molecule has 0 atom stereocenters. The van der Waals surface area contributed by atoms with Crippen LogP contribution in [0.5, 0.6) is 0 Å². The Morgan fingerprint density at radius 3 is 1.92 bits per heavy atom. The minimum atomic E-state index is -1.62. The van der Waals surface area contributed by atoms with Crippen LogP contribution in [0.3, 0.4) is 0 Å². The van der Waals surface area contributed by atoms with Crippen LogP contribution in [0.2, 0.25) is 0 Å². The second kappa shape index (κ2) is 6.74. The van der Waals surface area contributed by atoms with E-state index >= 15 is 0 Å². The summed E-state index contributed by atoms with van der Waals surface area (Å²) in [5.41, 5.74) is -1.95. The number of rotatable bonds is 4. The Hall–Kier alpha value is -2.83. The number of carbonyl (C=O) groups is 2. The van der Waals surface area contributed by atoms with Gasteiger partial charge in [0.15, 0.2) is 0 Å². The number of hydrogen-bond donors (Lipinski definition) is 2. The molecular formula is C17H15F3N2O2. The molecule has 2 aromatic carbocycles. The maximum absolute atomic E-state index is 13.6. The van der Waals surface area contributed by atoms with Crippen LogP contribution in [0.25, 0.3) is 0 Å². The largest absolute Gasteiger partial charge is 0.323 e. The van der Waals surface area contributed by atoms with Crippen LogP contribution in [-0.2, 0) is 9.59 Å². The van der Waals surface area contributed by atoms with Crippen LogP contribution in [0.15, 0.2) is 42.5 Å². The molecule has 7 heteroatoms. The Kier molecular flexibility index (Phi) is 4.92. The first-order chi connectivity index (χ1) is 11.2. The molecule has 0 radical (unpaired) electrons. The first-order valence-electron chi connectivity index (χ1n) is 7.04. The smallest absolute Gasteiger partial charge is 0.239 e. The topological polar surface area (TPSA) is 58.2 Å². The number of benzene rings is 2. The van der Waals surface area contributed by atoms with Crippen molar-refractivity contribution in [3.8, 4) is 0 Å². The Bertz CT molecular complexity index is 791. The van der Waals surface area contributed by atoms with E-state index in [1.165, 1.54) is 32.0 Å². The predicted octanol–water partition coefficient (Wildman–Crippen LogP) is 3.71. The number of carbonyl (C=O) groups excluding carboxylic acids is 2. The van der Waals surface area contributed by atoms with Gasteiger partial charge in [0.2, 0.25) is 11.8 Å². The van der Waals surface area contributed by atoms with E-state index in [0.717, 1.165) is 18.2 Å². The summed E-state index contributed by atoms with van der Waals surface area (Å²) in [5.74, 6) is -3.99. The Morgan fingerprint density at radius 1 is 0.833 bits per heavy atom. The Labute approximate surface area is 136 Å². The third-order valence-electron chi connectivity index (χ3n) is 3.44. The standard InChI is InChI=1S/C17H15F3N2O2/c1-17(2,15(23)21-13-6-4-3-5-11(13)19)16(24)22-14-8-7-10(18)9-12(14)20/h3-9H,1-2H3,(H,21,23)(H,22,24). The average Bonchev–Trinajstić information content (AvgIpc) is 2.52. The van der Waals surface area contributed by atoms with E-state index in [1.54, 1.807) is 0 Å². The van der Waals surface area contributed by atoms with E-state index in [2.05, 4.69) is 10.6 Å². The molecule has 0 fully saturated rings. The summed E-state index contributed by atoms with van der Waals surface area (Å²) in [6.45, 7) is 2.61. The third-order valence-corrected chi connectivity index (χ3v) is 3.44. The minimum Gasteiger partial charge on any atom is -0.323 e. The van der Waals surface area contributed by atoms with Crippen molar-refractivity contribution in [2.24, 2.45) is 5.41 Å². The molecule has 0 aliphatic carbocycles. The molecule has 2 aromatic rings. The lowest BCUT2D eigenvalue weighted by Gasteiger charge is -2.23. The number of halogens is 3. The van der Waals surface area contributed by atoms with E-state index in [-0.39, 0.29) is 11.4 Å². The molecule has 0 saturated carbocycles. The minimum absolute atomic E-state index is 0.0728. The zero-order valence-electron chi connectivity index (χ0n) is 13.0. The lowest BCUT2D eigenvalue weighted by atomic mass is 9.90. The number of para-hydroxylation sites is 1. The first kappa shape index (κ1) is 17.5. The van der Waals surface area contributed by atoms with Gasteiger partial charge in [0.25, 0.3) is 0 Å². The van der Waals surface area contributed by atoms with E-state index in [9.17, 15) is 22.8 Å². The maximum Gasteiger partial charge on any atom is 0.239 e. The van der Waals surface area contributed by atoms with Gasteiger partial charge in [-0.1, -0.05) is 12.1 Å². The van der Waals surface area contributed by atoms with Gasteiger partial charge in [-0.15, -0.1) is 0 Å². The Balaban J connectivity index is 2.14. The summed E-state index contributed by atoms with van der Waals surface area (Å²) in [6.07, 6.45) is 0. The molecular weight excluding hydrogens is 321 g/mol. The Morgan fingerprint density at radius 2 is 1.38 bits per heavy atom. The van der Waals surface area contributed by atoms with Crippen molar-refractivity contribution in [1.29, 1.82) is 0 Å². The van der Waals surface area contributed by atoms with Crippen molar-refractivity contribution in [3.05, 3.63) is 59.9 Å². The van der Waals surface area contributed by atoms with Gasteiger partial charge in [-0.05, 0) is 38.1 Å². The number of amides is 2. The monoisotopic (exact) mass is 336 g/mol. The summed E-state index contributed by atoms with van der Waals surface area (Å²) < 4.78 is 40.0. The van der Waals surface area contributed by atoms with Gasteiger partial charge in [0.1, 0.15) is 22.9 Å². The van der Waals surface area contributed by atoms with E-state index in [1.807, 2.05) is 0 Å². The summed E-state index contributed by atoms with van der Waals surface area (Å²) in [4.78, 5) is 24.5. The van der Waals surface area contributed by atoms with Crippen LogP contribution >= 0.6 is 0 Å². The second-order valence-electron chi connectivity index (χ2n) is 5.64. The lowest BCUT2D eigenvalue weighted by molar-refractivity contribution is -0.135. The van der Waals surface area contributed by atoms with Crippen LogP contribution < -0.4 is 10.6 Å². The molecule has 0 saturated heterocycles. The molecule has 0 heterocycles. The highest BCUT2D eigenvalue weighted by Gasteiger charge is 2.36. The van der Waals surface area contributed by atoms with Crippen LogP contribution in [0.4, 0.5) is 24.5 Å². The van der Waals surface area contributed by atoms with Crippen molar-refractivity contribution in [2.45, 2.75) is 13.8 Å². The molecule has 0 aliphatic rings. The normalized spacial score (nSPS) is 11.0. The molecule has 2 amide bonds. The van der Waals surface area contributed by atoms with Crippen LogP contribution in [0.1, 0.15) is 13.8 Å². The molecule has 2 rings (SSSR count). The molecule has 0 aromatic heterocycles. The van der Waals surface area contributed by atoms with Gasteiger partial charge in [0.05, 0.1) is 11.4 Å². The van der Waals surface area contributed by atoms with E-state index < -0.39 is 34.7 Å². The molecule has 0 bridgehead atoms. The number of nitrogens with one attached hydrogen (secondary N) is 2. The van der Waals surface area contributed by atoms with Crippen LogP contribution in [0, 0.1) is 22.9 Å². The van der Waals surface area contributed by atoms with Gasteiger partial charge in [-0.2, -0.15) is 0 Å². The van der Waals surface area contributed by atoms with E-state index in [4.69, 9.17) is 0 Å². The van der Waals surface area contributed by atoms with Crippen LogP contribution in [-0.4, -0.2) is 11.8 Å². The average molecular weight is 336 g/mol. The summed E-state index contributed by atoms with van der Waals surface area (Å²) in [6, 6.07) is 8.14.